The van der Waals surface area contributed by atoms with Crippen LogP contribution in [0.3, 0.4) is 0 Å². The number of ether oxygens (including phenoxy) is 1. The van der Waals surface area contributed by atoms with Crippen molar-refractivity contribution in [1.82, 2.24) is 0 Å². The lowest BCUT2D eigenvalue weighted by Gasteiger charge is -2.03. The first-order valence-electron chi connectivity index (χ1n) is 8.49. The predicted molar refractivity (Wildman–Crippen MR) is 108 cm³/mol. The average Bonchev–Trinajstić information content (AvgIpc) is 3.31. The first-order chi connectivity index (χ1) is 13.6. The van der Waals surface area contributed by atoms with Gasteiger partial charge in [-0.15, -0.1) is 0 Å². The fourth-order valence-electron chi connectivity index (χ4n) is 2.36. The molecule has 3 rings (SSSR count). The maximum atomic E-state index is 12.4. The van der Waals surface area contributed by atoms with Crippen molar-refractivity contribution >= 4 is 34.8 Å². The van der Waals surface area contributed by atoms with E-state index in [0.717, 1.165) is 11.8 Å². The molecule has 28 heavy (non-hydrogen) atoms. The van der Waals surface area contributed by atoms with Gasteiger partial charge in [0.15, 0.2) is 0 Å². The van der Waals surface area contributed by atoms with Crippen LogP contribution >= 0.6 is 11.8 Å². The van der Waals surface area contributed by atoms with Crippen LogP contribution in [0.1, 0.15) is 23.0 Å². The number of carbonyl (C=O) groups excluding carboxylic acids is 2. The topological polar surface area (TPSA) is 89.1 Å². The van der Waals surface area contributed by atoms with Crippen LogP contribution in [0.15, 0.2) is 86.5 Å². The lowest BCUT2D eigenvalue weighted by atomic mass is 10.2. The van der Waals surface area contributed by atoms with Gasteiger partial charge in [0.1, 0.15) is 22.1 Å². The summed E-state index contributed by atoms with van der Waals surface area (Å²) in [5.41, 5.74) is 0.266. The minimum Gasteiger partial charge on any atom is -0.506 e. The van der Waals surface area contributed by atoms with Crippen molar-refractivity contribution in [1.29, 1.82) is 0 Å². The molecule has 1 aromatic carbocycles. The largest absolute Gasteiger partial charge is 0.506 e. The summed E-state index contributed by atoms with van der Waals surface area (Å²) in [6.07, 6.45) is 6.53. The molecule has 0 saturated carbocycles. The number of aliphatic hydroxyl groups is 1. The molecule has 2 heterocycles. The smallest absolute Gasteiger partial charge is 0.344 e. The Balaban J connectivity index is 1.92. The van der Waals surface area contributed by atoms with Gasteiger partial charge in [-0.05, 0) is 43.3 Å². The standard InChI is InChI=1S/C21H17NO5S/c1-2-26-21(25)17-18(23)16(12-6-10-15-11-7-13-27-15)28-20(17)22-19(24)14-8-4-3-5-9-14/h3-13,23H,2H2,1H3/b10-6+,16-12-,22-20?. The van der Waals surface area contributed by atoms with Gasteiger partial charge in [0.2, 0.25) is 0 Å². The number of allylic oxidation sites excluding steroid dienone is 2. The van der Waals surface area contributed by atoms with Gasteiger partial charge in [-0.3, -0.25) is 4.79 Å². The fourth-order valence-corrected chi connectivity index (χ4v) is 3.33. The average molecular weight is 395 g/mol. The minimum atomic E-state index is -0.731. The van der Waals surface area contributed by atoms with E-state index in [2.05, 4.69) is 4.99 Å². The van der Waals surface area contributed by atoms with Crippen LogP contribution < -0.4 is 0 Å². The number of amides is 1. The highest BCUT2D eigenvalue weighted by Gasteiger charge is 2.33. The van der Waals surface area contributed by atoms with Gasteiger partial charge in [-0.25, -0.2) is 9.79 Å². The van der Waals surface area contributed by atoms with Gasteiger partial charge in [0, 0.05) is 5.56 Å². The van der Waals surface area contributed by atoms with E-state index in [1.165, 1.54) is 0 Å². The predicted octanol–water partition coefficient (Wildman–Crippen LogP) is 4.54. The molecule has 1 amide bonds. The summed E-state index contributed by atoms with van der Waals surface area (Å²) >= 11 is 1.02. The van der Waals surface area contributed by atoms with Crippen LogP contribution in [0.2, 0.25) is 0 Å². The quantitative estimate of drug-likeness (QED) is 0.748. The van der Waals surface area contributed by atoms with E-state index < -0.39 is 11.9 Å². The van der Waals surface area contributed by atoms with Crippen LogP contribution in [0, 0.1) is 0 Å². The molecule has 0 aliphatic carbocycles. The Hall–Kier alpha value is -3.32. The minimum absolute atomic E-state index is 0.0995. The summed E-state index contributed by atoms with van der Waals surface area (Å²) in [4.78, 5) is 29.1. The summed E-state index contributed by atoms with van der Waals surface area (Å²) < 4.78 is 10.2. The van der Waals surface area contributed by atoms with Crippen molar-refractivity contribution in [2.75, 3.05) is 6.61 Å². The van der Waals surface area contributed by atoms with Crippen molar-refractivity contribution in [2.45, 2.75) is 6.92 Å². The van der Waals surface area contributed by atoms with Crippen molar-refractivity contribution in [2.24, 2.45) is 4.99 Å². The van der Waals surface area contributed by atoms with Crippen LogP contribution in [0.5, 0.6) is 0 Å². The van der Waals surface area contributed by atoms with Crippen LogP contribution in [-0.2, 0) is 9.53 Å². The summed E-state index contributed by atoms with van der Waals surface area (Å²) in [6, 6.07) is 12.0. The number of esters is 1. The molecule has 0 unspecified atom stereocenters. The van der Waals surface area contributed by atoms with Crippen LogP contribution in [0.4, 0.5) is 0 Å². The Morgan fingerprint density at radius 1 is 1.21 bits per heavy atom. The normalized spacial score (nSPS) is 17.0. The summed E-state index contributed by atoms with van der Waals surface area (Å²) in [5.74, 6) is -0.871. The van der Waals surface area contributed by atoms with E-state index in [1.807, 2.05) is 0 Å². The molecule has 142 valence electrons. The molecule has 1 aromatic heterocycles. The number of aliphatic imine (C=N–C) groups is 1. The number of rotatable bonds is 5. The van der Waals surface area contributed by atoms with Crippen molar-refractivity contribution in [3.8, 4) is 0 Å². The van der Waals surface area contributed by atoms with E-state index in [0.29, 0.717) is 16.2 Å². The lowest BCUT2D eigenvalue weighted by molar-refractivity contribution is -0.138. The van der Waals surface area contributed by atoms with E-state index in [1.54, 1.807) is 73.9 Å². The molecule has 0 spiro atoms. The number of nitrogens with zero attached hydrogens (tertiary/aromatic N) is 1. The third-order valence-electron chi connectivity index (χ3n) is 3.65. The highest BCUT2D eigenvalue weighted by molar-refractivity contribution is 8.18. The summed E-state index contributed by atoms with van der Waals surface area (Å²) in [5, 5.41) is 10.6. The molecule has 7 heteroatoms. The van der Waals surface area contributed by atoms with Gasteiger partial charge < -0.3 is 14.3 Å². The second-order valence-corrected chi connectivity index (χ2v) is 6.57. The highest BCUT2D eigenvalue weighted by Crippen LogP contribution is 2.38. The van der Waals surface area contributed by atoms with Crippen LogP contribution in [-0.4, -0.2) is 28.6 Å². The van der Waals surface area contributed by atoms with Gasteiger partial charge >= 0.3 is 5.97 Å². The molecule has 0 fully saturated rings. The van der Waals surface area contributed by atoms with Crippen molar-refractivity contribution in [3.63, 3.8) is 0 Å². The Kier molecular flexibility index (Phi) is 6.29. The summed E-state index contributed by atoms with van der Waals surface area (Å²) in [6.45, 7) is 1.80. The number of furan rings is 1. The van der Waals surface area contributed by atoms with Gasteiger partial charge in [-0.1, -0.05) is 36.0 Å². The number of thioether (sulfide) groups is 1. The summed E-state index contributed by atoms with van der Waals surface area (Å²) in [7, 11) is 0. The van der Waals surface area contributed by atoms with Gasteiger partial charge in [0.25, 0.3) is 5.91 Å². The molecule has 1 aliphatic heterocycles. The molecule has 0 radical (unpaired) electrons. The van der Waals surface area contributed by atoms with E-state index in [4.69, 9.17) is 9.15 Å². The number of hydrogen-bond donors (Lipinski definition) is 1. The molecule has 0 atom stereocenters. The zero-order valence-electron chi connectivity index (χ0n) is 15.0. The molecule has 1 aliphatic rings. The zero-order valence-corrected chi connectivity index (χ0v) is 15.8. The monoisotopic (exact) mass is 395 g/mol. The van der Waals surface area contributed by atoms with Crippen molar-refractivity contribution in [3.05, 3.63) is 88.4 Å². The van der Waals surface area contributed by atoms with Crippen molar-refractivity contribution < 1.29 is 23.8 Å². The van der Waals surface area contributed by atoms with E-state index >= 15 is 0 Å². The molecule has 0 saturated heterocycles. The van der Waals surface area contributed by atoms with Gasteiger partial charge in [-0.2, -0.15) is 0 Å². The zero-order chi connectivity index (χ0) is 19.9. The number of aliphatic hydroxyl groups excluding tert-OH is 1. The Morgan fingerprint density at radius 3 is 2.68 bits per heavy atom. The fraction of sp³-hybridized carbons (Fsp3) is 0.0952. The molecular formula is C21H17NO5S. The number of benzene rings is 1. The molecule has 6 nitrogen and oxygen atoms in total. The second-order valence-electron chi connectivity index (χ2n) is 5.54. The third kappa shape index (κ3) is 4.50. The first-order valence-corrected chi connectivity index (χ1v) is 9.30. The third-order valence-corrected chi connectivity index (χ3v) is 4.68. The van der Waals surface area contributed by atoms with Crippen LogP contribution in [0.25, 0.3) is 6.08 Å². The molecular weight excluding hydrogens is 378 g/mol. The van der Waals surface area contributed by atoms with Gasteiger partial charge in [0.05, 0.1) is 17.8 Å². The maximum absolute atomic E-state index is 12.4. The lowest BCUT2D eigenvalue weighted by Crippen LogP contribution is -2.14. The number of hydrogen-bond acceptors (Lipinski definition) is 6. The Labute approximate surface area is 165 Å². The van der Waals surface area contributed by atoms with E-state index in [9.17, 15) is 14.7 Å². The molecule has 2 aromatic rings. The second kappa shape index (κ2) is 9.05. The first kappa shape index (κ1) is 19.4. The van der Waals surface area contributed by atoms with E-state index in [-0.39, 0.29) is 23.0 Å². The molecule has 1 N–H and O–H groups in total. The Morgan fingerprint density at radius 2 is 2.00 bits per heavy atom. The maximum Gasteiger partial charge on any atom is 0.344 e. The molecule has 0 bridgehead atoms. The highest BCUT2D eigenvalue weighted by atomic mass is 32.2. The SMILES string of the molecule is CCOC(=O)C1=C(O)/C(=C/C=C/c2ccco2)SC1=NC(=O)c1ccccc1. The number of carbonyl (C=O) groups is 2. The Bertz CT molecular complexity index is 985.